The summed E-state index contributed by atoms with van der Waals surface area (Å²) in [5.74, 6) is 1.23. The van der Waals surface area contributed by atoms with Crippen LogP contribution in [0, 0.1) is 5.92 Å². The maximum absolute atomic E-state index is 13.4. The number of ether oxygens (including phenoxy) is 1. The topological polar surface area (TPSA) is 149 Å². The number of anilines is 1. The Bertz CT molecular complexity index is 2130. The number of aromatic hydroxyl groups is 1. The van der Waals surface area contributed by atoms with Gasteiger partial charge >= 0.3 is 0 Å². The average Bonchev–Trinajstić information content (AvgIpc) is 3.77. The Labute approximate surface area is 294 Å². The van der Waals surface area contributed by atoms with E-state index in [4.69, 9.17) is 47.5 Å². The molecule has 1 amide bonds. The third-order valence-electron chi connectivity index (χ3n) is 9.46. The van der Waals surface area contributed by atoms with Crippen LogP contribution in [0.15, 0.2) is 61.8 Å². The fraction of sp³-hybridized carbons (Fsp3) is 0.286. The first-order valence-corrected chi connectivity index (χ1v) is 17.2. The number of carbonyl (C=O) groups excluding carboxylic acids is 1. The predicted octanol–water partition coefficient (Wildman–Crippen LogP) is 7.05. The van der Waals surface area contributed by atoms with Crippen LogP contribution in [0.3, 0.4) is 0 Å². The number of phenolic OH excluding ortho intramolecular Hbond substituents is 1. The number of rotatable bonds is 3. The number of para-hydroxylation sites is 1. The number of hydrogen-bond acceptors (Lipinski definition) is 9. The summed E-state index contributed by atoms with van der Waals surface area (Å²) in [6.07, 6.45) is 0.502. The van der Waals surface area contributed by atoms with Gasteiger partial charge in [0.05, 0.1) is 16.5 Å². The standard InChI is InChI=1S/C35H30BrCl2N5O5/c1-15(2)26-33-42-27-30(48-33)35(21-9-16(10-22(36)28(21)44)11-23(39)32(45)41-26)13-46-29-18(6-3-7-20(29)35)17-5-4-8-24(40-14-37)19(17)12-25-31(38)43-34(27)47-25/h3-10,15,23,26,40,44H,11-14,39H2,1-2H3,(H,41,45). The van der Waals surface area contributed by atoms with E-state index >= 15 is 0 Å². The largest absolute Gasteiger partial charge is 0.506 e. The summed E-state index contributed by atoms with van der Waals surface area (Å²) in [6.45, 7) is 3.96. The lowest BCUT2D eigenvalue weighted by atomic mass is 9.71. The Morgan fingerprint density at radius 2 is 1.94 bits per heavy atom. The molecule has 246 valence electrons. The zero-order valence-corrected chi connectivity index (χ0v) is 29.0. The number of nitrogens with two attached hydrogens (primary N) is 1. The number of nitrogens with zero attached hydrogens (tertiary/aromatic N) is 2. The Morgan fingerprint density at radius 1 is 1.15 bits per heavy atom. The first kappa shape index (κ1) is 31.3. The second-order valence-corrected chi connectivity index (χ2v) is 14.2. The highest BCUT2D eigenvalue weighted by Gasteiger charge is 2.53. The molecule has 0 saturated carbocycles. The molecule has 5 N–H and O–H groups in total. The van der Waals surface area contributed by atoms with E-state index in [0.29, 0.717) is 27.3 Å². The molecule has 3 unspecified atom stereocenters. The molecule has 3 aromatic carbocycles. The van der Waals surface area contributed by atoms with Gasteiger partial charge in [-0.2, -0.15) is 4.98 Å². The summed E-state index contributed by atoms with van der Waals surface area (Å²) in [4.78, 5) is 23.1. The third kappa shape index (κ3) is 4.66. The van der Waals surface area contributed by atoms with Crippen LogP contribution in [0.25, 0.3) is 22.7 Å². The molecule has 0 radical (unpaired) electrons. The Kier molecular flexibility index (Phi) is 7.52. The number of nitrogens with one attached hydrogen (secondary N) is 2. The van der Waals surface area contributed by atoms with Crippen molar-refractivity contribution in [1.29, 1.82) is 0 Å². The molecule has 8 rings (SSSR count). The van der Waals surface area contributed by atoms with Crippen molar-refractivity contribution in [3.05, 3.63) is 97.8 Å². The van der Waals surface area contributed by atoms with Crippen LogP contribution in [0.1, 0.15) is 59.6 Å². The van der Waals surface area contributed by atoms with Gasteiger partial charge in [0.15, 0.2) is 16.6 Å². The molecule has 1 spiro atoms. The quantitative estimate of drug-likeness (QED) is 0.112. The molecule has 5 aromatic rings. The van der Waals surface area contributed by atoms with Crippen molar-refractivity contribution in [1.82, 2.24) is 15.3 Å². The molecule has 0 aliphatic carbocycles. The van der Waals surface area contributed by atoms with Crippen molar-refractivity contribution in [2.45, 2.75) is 44.2 Å². The van der Waals surface area contributed by atoms with E-state index in [2.05, 4.69) is 31.5 Å². The molecule has 48 heavy (non-hydrogen) atoms. The molecular formula is C35H30BrCl2N5O5. The van der Waals surface area contributed by atoms with Gasteiger partial charge in [-0.1, -0.05) is 61.8 Å². The number of phenols is 1. The number of hydrogen-bond donors (Lipinski definition) is 4. The summed E-state index contributed by atoms with van der Waals surface area (Å²) < 4.78 is 20.4. The normalized spacial score (nSPS) is 20.9. The molecule has 3 atom stereocenters. The zero-order valence-electron chi connectivity index (χ0n) is 25.9. The van der Waals surface area contributed by atoms with E-state index in [1.165, 1.54) is 0 Å². The smallest absolute Gasteiger partial charge is 0.250 e. The minimum atomic E-state index is -1.25. The van der Waals surface area contributed by atoms with Gasteiger partial charge in [-0.3, -0.25) is 4.79 Å². The number of oxazole rings is 2. The van der Waals surface area contributed by atoms with Crippen LogP contribution in [-0.2, 0) is 23.1 Å². The molecular weight excluding hydrogens is 721 g/mol. The van der Waals surface area contributed by atoms with Gasteiger partial charge in [0.2, 0.25) is 11.8 Å². The van der Waals surface area contributed by atoms with Crippen LogP contribution < -0.4 is 21.1 Å². The molecule has 2 aromatic heterocycles. The van der Waals surface area contributed by atoms with Crippen molar-refractivity contribution in [3.8, 4) is 34.2 Å². The zero-order chi connectivity index (χ0) is 33.5. The summed E-state index contributed by atoms with van der Waals surface area (Å²) >= 11 is 16.6. The Hall–Kier alpha value is -4.03. The number of amides is 1. The Balaban J connectivity index is 1.54. The summed E-state index contributed by atoms with van der Waals surface area (Å²) in [5.41, 5.74) is 10.8. The van der Waals surface area contributed by atoms with E-state index in [-0.39, 0.29) is 65.7 Å². The van der Waals surface area contributed by atoms with Crippen molar-refractivity contribution >= 4 is 50.7 Å². The number of carbonyl (C=O) groups is 1. The molecule has 13 heteroatoms. The molecule has 10 bridgehead atoms. The summed E-state index contributed by atoms with van der Waals surface area (Å²) in [5, 5.41) is 18.4. The van der Waals surface area contributed by atoms with Gasteiger partial charge in [-0.15, -0.1) is 11.6 Å². The van der Waals surface area contributed by atoms with Gasteiger partial charge in [0, 0.05) is 28.8 Å². The summed E-state index contributed by atoms with van der Waals surface area (Å²) in [6, 6.07) is 14.1. The fourth-order valence-electron chi connectivity index (χ4n) is 7.13. The highest BCUT2D eigenvalue weighted by atomic mass is 79.9. The van der Waals surface area contributed by atoms with Crippen LogP contribution >= 0.6 is 39.1 Å². The van der Waals surface area contributed by atoms with Crippen molar-refractivity contribution in [2.24, 2.45) is 11.7 Å². The third-order valence-corrected chi connectivity index (χ3v) is 10.5. The summed E-state index contributed by atoms with van der Waals surface area (Å²) in [7, 11) is 0. The van der Waals surface area contributed by atoms with E-state index in [0.717, 1.165) is 33.5 Å². The number of halogens is 3. The highest BCUT2D eigenvalue weighted by Crippen LogP contribution is 2.57. The molecule has 0 saturated heterocycles. The maximum atomic E-state index is 13.4. The van der Waals surface area contributed by atoms with Gasteiger partial charge in [-0.05, 0) is 57.1 Å². The van der Waals surface area contributed by atoms with Crippen LogP contribution in [-0.4, -0.2) is 39.6 Å². The minimum absolute atomic E-state index is 0.0211. The number of benzene rings is 3. The average molecular weight is 751 g/mol. The van der Waals surface area contributed by atoms with E-state index in [1.807, 2.05) is 56.3 Å². The lowest BCUT2D eigenvalue weighted by Gasteiger charge is -2.30. The highest BCUT2D eigenvalue weighted by molar-refractivity contribution is 9.10. The molecule has 3 aliphatic heterocycles. The lowest BCUT2D eigenvalue weighted by Crippen LogP contribution is -2.45. The van der Waals surface area contributed by atoms with Crippen LogP contribution in [0.4, 0.5) is 5.69 Å². The van der Waals surface area contributed by atoms with Gasteiger partial charge in [0.1, 0.15) is 35.3 Å². The predicted molar refractivity (Wildman–Crippen MR) is 185 cm³/mol. The van der Waals surface area contributed by atoms with Crippen LogP contribution in [0.2, 0.25) is 5.15 Å². The molecule has 0 fully saturated rings. The minimum Gasteiger partial charge on any atom is -0.506 e. The second-order valence-electron chi connectivity index (χ2n) is 12.7. The van der Waals surface area contributed by atoms with Crippen molar-refractivity contribution < 1.29 is 23.5 Å². The van der Waals surface area contributed by atoms with Gasteiger partial charge < -0.3 is 35.0 Å². The van der Waals surface area contributed by atoms with Crippen LogP contribution in [0.5, 0.6) is 11.5 Å². The Morgan fingerprint density at radius 3 is 2.73 bits per heavy atom. The van der Waals surface area contributed by atoms with Gasteiger partial charge in [0.25, 0.3) is 5.89 Å². The lowest BCUT2D eigenvalue weighted by molar-refractivity contribution is -0.123. The van der Waals surface area contributed by atoms with Crippen molar-refractivity contribution in [3.63, 3.8) is 0 Å². The number of fused-ring (bicyclic) bond motifs is 8. The molecule has 10 nitrogen and oxygen atoms in total. The number of alkyl halides is 1. The molecule has 5 heterocycles. The van der Waals surface area contributed by atoms with E-state index in [1.54, 1.807) is 6.07 Å². The van der Waals surface area contributed by atoms with E-state index < -0.39 is 17.5 Å². The fourth-order valence-corrected chi connectivity index (χ4v) is 7.96. The van der Waals surface area contributed by atoms with E-state index in [9.17, 15) is 9.90 Å². The first-order valence-electron chi connectivity index (χ1n) is 15.5. The maximum Gasteiger partial charge on any atom is 0.250 e. The first-order chi connectivity index (χ1) is 23.1. The number of aromatic nitrogens is 2. The second kappa shape index (κ2) is 11.5. The SMILES string of the molecule is CC(C)C1NC(=O)C(N)Cc2cc(Br)c(O)c(c2)C23COc4c(cccc42)-c2cccc(NCCl)c2Cc2oc(nc2Cl)-c2nc1oc23. The van der Waals surface area contributed by atoms with Crippen molar-refractivity contribution in [2.75, 3.05) is 17.9 Å². The molecule has 3 aliphatic rings. The van der Waals surface area contributed by atoms with Gasteiger partial charge in [-0.25, -0.2) is 4.98 Å². The monoisotopic (exact) mass is 749 g/mol.